The molecule has 0 saturated heterocycles. The third-order valence-electron chi connectivity index (χ3n) is 2.62. The van der Waals surface area contributed by atoms with E-state index in [0.29, 0.717) is 5.57 Å². The summed E-state index contributed by atoms with van der Waals surface area (Å²) in [7, 11) is 0. The van der Waals surface area contributed by atoms with Crippen LogP contribution in [0.25, 0.3) is 0 Å². The van der Waals surface area contributed by atoms with Gasteiger partial charge in [0, 0.05) is 30.0 Å². The molecule has 0 radical (unpaired) electrons. The summed E-state index contributed by atoms with van der Waals surface area (Å²) in [6.07, 6.45) is 0. The van der Waals surface area contributed by atoms with Crippen molar-refractivity contribution < 1.29 is 4.79 Å². The Morgan fingerprint density at radius 3 is 2.53 bits per heavy atom. The van der Waals surface area contributed by atoms with Crippen molar-refractivity contribution in [1.82, 2.24) is 0 Å². The van der Waals surface area contributed by atoms with Gasteiger partial charge in [-0.15, -0.1) is 0 Å². The standard InChI is InChI=1S/C14H20N2O/c1-5-16(6-2)13-9-7-8-12(10-13)15-14(17)11(3)4/h7-10H,3,5-6H2,1-2,4H3,(H,15,17). The van der Waals surface area contributed by atoms with Crippen LogP contribution >= 0.6 is 0 Å². The molecule has 0 aliphatic rings. The number of hydrogen-bond acceptors (Lipinski definition) is 2. The number of carbonyl (C=O) groups excluding carboxylic acids is 1. The Balaban J connectivity index is 2.85. The van der Waals surface area contributed by atoms with Crippen LogP contribution in [0.3, 0.4) is 0 Å². The Kier molecular flexibility index (Phi) is 4.76. The largest absolute Gasteiger partial charge is 0.372 e. The second-order valence-electron chi connectivity index (χ2n) is 3.96. The lowest BCUT2D eigenvalue weighted by Gasteiger charge is -2.21. The zero-order chi connectivity index (χ0) is 12.8. The third kappa shape index (κ3) is 3.63. The molecule has 1 aromatic rings. The van der Waals surface area contributed by atoms with Crippen molar-refractivity contribution in [2.75, 3.05) is 23.3 Å². The minimum absolute atomic E-state index is 0.137. The number of hydrogen-bond donors (Lipinski definition) is 1. The number of rotatable bonds is 5. The highest BCUT2D eigenvalue weighted by Gasteiger charge is 2.05. The molecule has 1 rings (SSSR count). The Bertz CT molecular complexity index is 408. The molecule has 0 fully saturated rings. The van der Waals surface area contributed by atoms with Crippen LogP contribution in [0.2, 0.25) is 0 Å². The van der Waals surface area contributed by atoms with Gasteiger partial charge in [0.2, 0.25) is 0 Å². The first-order chi connectivity index (χ1) is 8.08. The van der Waals surface area contributed by atoms with Gasteiger partial charge < -0.3 is 10.2 Å². The van der Waals surface area contributed by atoms with Crippen molar-refractivity contribution in [3.05, 3.63) is 36.4 Å². The first kappa shape index (κ1) is 13.3. The van der Waals surface area contributed by atoms with Crippen LogP contribution in [-0.2, 0) is 4.79 Å². The molecule has 1 amide bonds. The van der Waals surface area contributed by atoms with Crippen LogP contribution in [0.4, 0.5) is 11.4 Å². The van der Waals surface area contributed by atoms with Gasteiger partial charge in [-0.25, -0.2) is 0 Å². The van der Waals surface area contributed by atoms with E-state index in [4.69, 9.17) is 0 Å². The lowest BCUT2D eigenvalue weighted by atomic mass is 10.2. The van der Waals surface area contributed by atoms with E-state index in [0.717, 1.165) is 24.5 Å². The summed E-state index contributed by atoms with van der Waals surface area (Å²) >= 11 is 0. The number of nitrogens with zero attached hydrogens (tertiary/aromatic N) is 1. The monoisotopic (exact) mass is 232 g/mol. The average molecular weight is 232 g/mol. The quantitative estimate of drug-likeness (QED) is 0.791. The van der Waals surface area contributed by atoms with Gasteiger partial charge in [-0.2, -0.15) is 0 Å². The number of nitrogens with one attached hydrogen (secondary N) is 1. The number of anilines is 2. The average Bonchev–Trinajstić information content (AvgIpc) is 2.31. The topological polar surface area (TPSA) is 32.3 Å². The van der Waals surface area contributed by atoms with Crippen LogP contribution in [0.1, 0.15) is 20.8 Å². The second kappa shape index (κ2) is 6.09. The fourth-order valence-corrected chi connectivity index (χ4v) is 1.61. The lowest BCUT2D eigenvalue weighted by Crippen LogP contribution is -2.22. The van der Waals surface area contributed by atoms with Crippen LogP contribution in [0.15, 0.2) is 36.4 Å². The molecule has 0 atom stereocenters. The summed E-state index contributed by atoms with van der Waals surface area (Å²) in [4.78, 5) is 13.7. The minimum Gasteiger partial charge on any atom is -0.372 e. The van der Waals surface area contributed by atoms with Gasteiger partial charge in [-0.3, -0.25) is 4.79 Å². The van der Waals surface area contributed by atoms with E-state index in [1.165, 1.54) is 0 Å². The van der Waals surface area contributed by atoms with Crippen molar-refractivity contribution in [2.24, 2.45) is 0 Å². The summed E-state index contributed by atoms with van der Waals surface area (Å²) in [5.74, 6) is -0.137. The van der Waals surface area contributed by atoms with Gasteiger partial charge in [-0.05, 0) is 39.0 Å². The molecule has 0 spiro atoms. The van der Waals surface area contributed by atoms with Crippen molar-refractivity contribution in [3.63, 3.8) is 0 Å². The first-order valence-corrected chi connectivity index (χ1v) is 5.90. The molecular weight excluding hydrogens is 212 g/mol. The Morgan fingerprint density at radius 2 is 2.00 bits per heavy atom. The van der Waals surface area contributed by atoms with Crippen molar-refractivity contribution >= 4 is 17.3 Å². The van der Waals surface area contributed by atoms with Crippen molar-refractivity contribution in [1.29, 1.82) is 0 Å². The molecule has 0 heterocycles. The van der Waals surface area contributed by atoms with E-state index in [9.17, 15) is 4.79 Å². The fourth-order valence-electron chi connectivity index (χ4n) is 1.61. The second-order valence-corrected chi connectivity index (χ2v) is 3.96. The van der Waals surface area contributed by atoms with E-state index in [-0.39, 0.29) is 5.91 Å². The summed E-state index contributed by atoms with van der Waals surface area (Å²) < 4.78 is 0. The zero-order valence-electron chi connectivity index (χ0n) is 10.8. The van der Waals surface area contributed by atoms with Crippen LogP contribution in [0.5, 0.6) is 0 Å². The van der Waals surface area contributed by atoms with Gasteiger partial charge >= 0.3 is 0 Å². The predicted molar refractivity (Wildman–Crippen MR) is 73.4 cm³/mol. The van der Waals surface area contributed by atoms with E-state index in [1.54, 1.807) is 6.92 Å². The fraction of sp³-hybridized carbons (Fsp3) is 0.357. The highest BCUT2D eigenvalue weighted by Crippen LogP contribution is 2.19. The van der Waals surface area contributed by atoms with Gasteiger partial charge in [0.05, 0.1) is 0 Å². The molecule has 0 unspecified atom stereocenters. The summed E-state index contributed by atoms with van der Waals surface area (Å²) in [6.45, 7) is 11.4. The van der Waals surface area contributed by atoms with Crippen LogP contribution in [0, 0.1) is 0 Å². The Labute approximate surface area is 103 Å². The summed E-state index contributed by atoms with van der Waals surface area (Å²) in [6, 6.07) is 7.85. The van der Waals surface area contributed by atoms with Crippen LogP contribution < -0.4 is 10.2 Å². The van der Waals surface area contributed by atoms with Gasteiger partial charge in [-0.1, -0.05) is 12.6 Å². The highest BCUT2D eigenvalue weighted by molar-refractivity contribution is 6.03. The molecule has 3 nitrogen and oxygen atoms in total. The van der Waals surface area contributed by atoms with Gasteiger partial charge in [0.25, 0.3) is 5.91 Å². The minimum atomic E-state index is -0.137. The number of carbonyl (C=O) groups is 1. The molecule has 1 N–H and O–H groups in total. The summed E-state index contributed by atoms with van der Waals surface area (Å²) in [5.41, 5.74) is 2.44. The molecule has 3 heteroatoms. The smallest absolute Gasteiger partial charge is 0.250 e. The third-order valence-corrected chi connectivity index (χ3v) is 2.62. The molecular formula is C14H20N2O. The molecule has 1 aromatic carbocycles. The molecule has 0 aliphatic carbocycles. The van der Waals surface area contributed by atoms with Gasteiger partial charge in [0.1, 0.15) is 0 Å². The predicted octanol–water partition coefficient (Wildman–Crippen LogP) is 3.05. The normalized spacial score (nSPS) is 9.82. The van der Waals surface area contributed by atoms with E-state index in [1.807, 2.05) is 24.3 Å². The SMILES string of the molecule is C=C(C)C(=O)Nc1cccc(N(CC)CC)c1. The molecule has 92 valence electrons. The van der Waals surface area contributed by atoms with E-state index >= 15 is 0 Å². The zero-order valence-corrected chi connectivity index (χ0v) is 10.8. The maximum absolute atomic E-state index is 11.5. The number of amides is 1. The first-order valence-electron chi connectivity index (χ1n) is 5.90. The van der Waals surface area contributed by atoms with E-state index in [2.05, 4.69) is 30.6 Å². The van der Waals surface area contributed by atoms with E-state index < -0.39 is 0 Å². The number of benzene rings is 1. The van der Waals surface area contributed by atoms with Crippen molar-refractivity contribution in [3.8, 4) is 0 Å². The van der Waals surface area contributed by atoms with Gasteiger partial charge in [0.15, 0.2) is 0 Å². The maximum atomic E-state index is 11.5. The highest BCUT2D eigenvalue weighted by atomic mass is 16.1. The Hall–Kier alpha value is -1.77. The van der Waals surface area contributed by atoms with Crippen LogP contribution in [-0.4, -0.2) is 19.0 Å². The lowest BCUT2D eigenvalue weighted by molar-refractivity contribution is -0.112. The molecule has 0 aromatic heterocycles. The van der Waals surface area contributed by atoms with Crippen molar-refractivity contribution in [2.45, 2.75) is 20.8 Å². The molecule has 17 heavy (non-hydrogen) atoms. The molecule has 0 aliphatic heterocycles. The molecule has 0 bridgehead atoms. The maximum Gasteiger partial charge on any atom is 0.250 e. The summed E-state index contributed by atoms with van der Waals surface area (Å²) in [5, 5.41) is 2.82. The Morgan fingerprint density at radius 1 is 1.35 bits per heavy atom. The molecule has 0 saturated carbocycles.